The SMILES string of the molecule is CCc1cccc(C)c1NC(=O)CSc1nnc(-c2ccccn2)n1-c1ccc(Cl)cc1. The molecule has 2 heterocycles. The second-order valence-corrected chi connectivity index (χ2v) is 8.51. The topological polar surface area (TPSA) is 72.7 Å². The van der Waals surface area contributed by atoms with Crippen molar-refractivity contribution in [1.82, 2.24) is 19.7 Å². The average molecular weight is 464 g/mol. The van der Waals surface area contributed by atoms with Gasteiger partial charge in [-0.15, -0.1) is 10.2 Å². The van der Waals surface area contributed by atoms with Gasteiger partial charge in [0.15, 0.2) is 11.0 Å². The molecule has 1 amide bonds. The maximum absolute atomic E-state index is 12.8. The van der Waals surface area contributed by atoms with Gasteiger partial charge in [0, 0.05) is 22.6 Å². The normalized spacial score (nSPS) is 10.8. The van der Waals surface area contributed by atoms with Crippen molar-refractivity contribution in [1.29, 1.82) is 0 Å². The van der Waals surface area contributed by atoms with Crippen molar-refractivity contribution < 1.29 is 4.79 Å². The van der Waals surface area contributed by atoms with Gasteiger partial charge in [0.1, 0.15) is 5.69 Å². The van der Waals surface area contributed by atoms with Crippen LogP contribution in [-0.2, 0) is 11.2 Å². The predicted octanol–water partition coefficient (Wildman–Crippen LogP) is 5.58. The molecule has 162 valence electrons. The lowest BCUT2D eigenvalue weighted by Gasteiger charge is -2.13. The average Bonchev–Trinajstić information content (AvgIpc) is 3.24. The molecule has 0 saturated carbocycles. The second-order valence-electron chi connectivity index (χ2n) is 7.13. The van der Waals surface area contributed by atoms with E-state index in [9.17, 15) is 4.79 Å². The van der Waals surface area contributed by atoms with Gasteiger partial charge in [0.25, 0.3) is 0 Å². The van der Waals surface area contributed by atoms with Gasteiger partial charge in [0.2, 0.25) is 5.91 Å². The zero-order valence-electron chi connectivity index (χ0n) is 17.7. The van der Waals surface area contributed by atoms with Gasteiger partial charge < -0.3 is 5.32 Å². The van der Waals surface area contributed by atoms with E-state index in [2.05, 4.69) is 27.4 Å². The van der Waals surface area contributed by atoms with Gasteiger partial charge in [-0.3, -0.25) is 14.3 Å². The van der Waals surface area contributed by atoms with E-state index in [1.54, 1.807) is 6.20 Å². The summed E-state index contributed by atoms with van der Waals surface area (Å²) >= 11 is 7.40. The summed E-state index contributed by atoms with van der Waals surface area (Å²) in [6.07, 6.45) is 2.56. The maximum atomic E-state index is 12.8. The highest BCUT2D eigenvalue weighted by molar-refractivity contribution is 7.99. The van der Waals surface area contributed by atoms with Crippen molar-refractivity contribution in [2.24, 2.45) is 0 Å². The van der Waals surface area contributed by atoms with E-state index in [-0.39, 0.29) is 11.7 Å². The van der Waals surface area contributed by atoms with Crippen LogP contribution in [0.1, 0.15) is 18.1 Å². The third-order valence-electron chi connectivity index (χ3n) is 4.95. The number of nitrogens with zero attached hydrogens (tertiary/aromatic N) is 4. The van der Waals surface area contributed by atoms with Crippen molar-refractivity contribution in [3.8, 4) is 17.2 Å². The van der Waals surface area contributed by atoms with Crippen LogP contribution in [0, 0.1) is 6.92 Å². The maximum Gasteiger partial charge on any atom is 0.234 e. The minimum Gasteiger partial charge on any atom is -0.325 e. The molecule has 0 atom stereocenters. The highest BCUT2D eigenvalue weighted by Gasteiger charge is 2.18. The molecule has 2 aromatic heterocycles. The van der Waals surface area contributed by atoms with Gasteiger partial charge in [-0.1, -0.05) is 54.6 Å². The van der Waals surface area contributed by atoms with Crippen molar-refractivity contribution >= 4 is 35.0 Å². The Bertz CT molecular complexity index is 1230. The lowest BCUT2D eigenvalue weighted by atomic mass is 10.1. The summed E-state index contributed by atoms with van der Waals surface area (Å²) < 4.78 is 1.89. The number of rotatable bonds is 7. The van der Waals surface area contributed by atoms with E-state index in [1.165, 1.54) is 11.8 Å². The molecule has 4 rings (SSSR count). The number of anilines is 1. The number of benzene rings is 2. The van der Waals surface area contributed by atoms with Crippen LogP contribution in [0.25, 0.3) is 17.2 Å². The number of aromatic nitrogens is 4. The summed E-state index contributed by atoms with van der Waals surface area (Å²) in [6, 6.07) is 19.1. The number of carbonyl (C=O) groups is 1. The number of aryl methyl sites for hydroxylation is 2. The molecule has 1 N–H and O–H groups in total. The number of pyridine rings is 1. The molecule has 2 aromatic carbocycles. The minimum atomic E-state index is -0.0935. The summed E-state index contributed by atoms with van der Waals surface area (Å²) in [5.74, 6) is 0.706. The van der Waals surface area contributed by atoms with Gasteiger partial charge in [0.05, 0.1) is 5.75 Å². The third-order valence-corrected chi connectivity index (χ3v) is 6.13. The molecule has 0 fully saturated rings. The fourth-order valence-corrected chi connectivity index (χ4v) is 4.23. The number of para-hydroxylation sites is 1. The minimum absolute atomic E-state index is 0.0935. The Labute approximate surface area is 196 Å². The predicted molar refractivity (Wildman–Crippen MR) is 130 cm³/mol. The summed E-state index contributed by atoms with van der Waals surface area (Å²) in [4.78, 5) is 17.2. The van der Waals surface area contributed by atoms with E-state index >= 15 is 0 Å². The molecule has 8 heteroatoms. The summed E-state index contributed by atoms with van der Waals surface area (Å²) in [5.41, 5.74) is 4.58. The van der Waals surface area contributed by atoms with Gasteiger partial charge in [-0.25, -0.2) is 0 Å². The molecule has 0 radical (unpaired) electrons. The monoisotopic (exact) mass is 463 g/mol. The van der Waals surface area contributed by atoms with E-state index in [0.29, 0.717) is 21.7 Å². The molecule has 0 spiro atoms. The van der Waals surface area contributed by atoms with E-state index in [4.69, 9.17) is 11.6 Å². The van der Waals surface area contributed by atoms with Crippen molar-refractivity contribution in [3.63, 3.8) is 0 Å². The van der Waals surface area contributed by atoms with Crippen LogP contribution >= 0.6 is 23.4 Å². The van der Waals surface area contributed by atoms with Crippen molar-refractivity contribution in [3.05, 3.63) is 83.0 Å². The van der Waals surface area contributed by atoms with Crippen LogP contribution in [0.5, 0.6) is 0 Å². The molecule has 32 heavy (non-hydrogen) atoms. The van der Waals surface area contributed by atoms with Gasteiger partial charge in [-0.05, 0) is 60.9 Å². The number of nitrogens with one attached hydrogen (secondary N) is 1. The first-order valence-electron chi connectivity index (χ1n) is 10.2. The zero-order valence-corrected chi connectivity index (χ0v) is 19.3. The molecule has 0 unspecified atom stereocenters. The lowest BCUT2D eigenvalue weighted by molar-refractivity contribution is -0.113. The quantitative estimate of drug-likeness (QED) is 0.362. The number of thioether (sulfide) groups is 1. The van der Waals surface area contributed by atoms with Crippen LogP contribution in [0.3, 0.4) is 0 Å². The van der Waals surface area contributed by atoms with E-state index in [1.807, 2.05) is 72.2 Å². The molecule has 0 aliphatic heterocycles. The van der Waals surface area contributed by atoms with Crippen LogP contribution < -0.4 is 5.32 Å². The molecule has 0 aliphatic carbocycles. The molecular formula is C24H22ClN5OS. The third kappa shape index (κ3) is 4.84. The Kier molecular flexibility index (Phi) is 6.87. The number of hydrogen-bond donors (Lipinski definition) is 1. The summed E-state index contributed by atoms with van der Waals surface area (Å²) in [5, 5.41) is 13.0. The molecule has 0 bridgehead atoms. The smallest absolute Gasteiger partial charge is 0.234 e. The number of hydrogen-bond acceptors (Lipinski definition) is 5. The number of carbonyl (C=O) groups excluding carboxylic acids is 1. The molecule has 4 aromatic rings. The second kappa shape index (κ2) is 9.97. The highest BCUT2D eigenvalue weighted by atomic mass is 35.5. The molecule has 0 aliphatic rings. The van der Waals surface area contributed by atoms with Gasteiger partial charge in [-0.2, -0.15) is 0 Å². The number of amides is 1. The lowest BCUT2D eigenvalue weighted by Crippen LogP contribution is -2.16. The van der Waals surface area contributed by atoms with Crippen LogP contribution in [0.15, 0.2) is 72.0 Å². The Morgan fingerprint density at radius 2 is 1.88 bits per heavy atom. The van der Waals surface area contributed by atoms with Crippen LogP contribution in [-0.4, -0.2) is 31.4 Å². The molecule has 6 nitrogen and oxygen atoms in total. The van der Waals surface area contributed by atoms with Gasteiger partial charge >= 0.3 is 0 Å². The largest absolute Gasteiger partial charge is 0.325 e. The first kappa shape index (κ1) is 22.0. The molecule has 0 saturated heterocycles. The summed E-state index contributed by atoms with van der Waals surface area (Å²) in [6.45, 7) is 4.07. The zero-order chi connectivity index (χ0) is 22.5. The Hall–Kier alpha value is -3.16. The standard InChI is InChI=1S/C24H22ClN5OS/c1-3-17-8-6-7-16(2)22(17)27-21(31)15-32-24-29-28-23(20-9-4-5-14-26-20)30(24)19-12-10-18(25)11-13-19/h4-14H,3,15H2,1-2H3,(H,27,31). The Morgan fingerprint density at radius 1 is 1.06 bits per heavy atom. The van der Waals surface area contributed by atoms with Crippen LogP contribution in [0.4, 0.5) is 5.69 Å². The Balaban J connectivity index is 1.60. The molecular weight excluding hydrogens is 442 g/mol. The van der Waals surface area contributed by atoms with Crippen LogP contribution in [0.2, 0.25) is 5.02 Å². The number of halogens is 1. The fourth-order valence-electron chi connectivity index (χ4n) is 3.35. The first-order valence-corrected chi connectivity index (χ1v) is 11.6. The van der Waals surface area contributed by atoms with E-state index in [0.717, 1.165) is 28.9 Å². The first-order chi connectivity index (χ1) is 15.6. The highest BCUT2D eigenvalue weighted by Crippen LogP contribution is 2.28. The van der Waals surface area contributed by atoms with Crippen molar-refractivity contribution in [2.75, 3.05) is 11.1 Å². The van der Waals surface area contributed by atoms with E-state index < -0.39 is 0 Å². The Morgan fingerprint density at radius 3 is 2.59 bits per heavy atom. The summed E-state index contributed by atoms with van der Waals surface area (Å²) in [7, 11) is 0. The van der Waals surface area contributed by atoms with Crippen molar-refractivity contribution in [2.45, 2.75) is 25.4 Å². The fraction of sp³-hybridized carbons (Fsp3) is 0.167.